The van der Waals surface area contributed by atoms with Crippen molar-refractivity contribution in [1.82, 2.24) is 0 Å². The summed E-state index contributed by atoms with van der Waals surface area (Å²) in [6.45, 7) is -1.83. The van der Waals surface area contributed by atoms with Gasteiger partial charge in [-0.3, -0.25) is 4.42 Å². The lowest BCUT2D eigenvalue weighted by Gasteiger charge is -2.37. The molecule has 0 aromatic heterocycles. The topological polar surface area (TPSA) is 59.0 Å². The second-order valence-electron chi connectivity index (χ2n) is 6.60. The Labute approximate surface area is 182 Å². The minimum atomic E-state index is -3.08. The summed E-state index contributed by atoms with van der Waals surface area (Å²) in [6.07, 6.45) is 0.815. The highest BCUT2D eigenvalue weighted by molar-refractivity contribution is 6.30. The van der Waals surface area contributed by atoms with Crippen molar-refractivity contribution in [2.75, 3.05) is 11.0 Å². The third kappa shape index (κ3) is 4.79. The van der Waals surface area contributed by atoms with Gasteiger partial charge in [0.05, 0.1) is 17.3 Å². The fourth-order valence-electron chi connectivity index (χ4n) is 3.45. The number of anilines is 1. The molecule has 0 spiro atoms. The molecule has 0 aliphatic carbocycles. The van der Waals surface area contributed by atoms with Crippen molar-refractivity contribution in [3.63, 3.8) is 0 Å². The summed E-state index contributed by atoms with van der Waals surface area (Å²) >= 11 is 12.5. The fraction of sp³-hybridized carbons (Fsp3) is 0.286. The second-order valence-corrected chi connectivity index (χ2v) is 7.40. The fourth-order valence-corrected chi connectivity index (χ4v) is 3.98. The summed E-state index contributed by atoms with van der Waals surface area (Å²) in [6, 6.07) is 11.3. The Morgan fingerprint density at radius 3 is 2.53 bits per heavy atom. The molecule has 0 fully saturated rings. The lowest BCUT2D eigenvalue weighted by atomic mass is 9.89. The first kappa shape index (κ1) is 22.2. The van der Waals surface area contributed by atoms with Gasteiger partial charge in [-0.25, -0.2) is 4.79 Å². The molecule has 0 bridgehead atoms. The van der Waals surface area contributed by atoms with Crippen molar-refractivity contribution in [1.29, 1.82) is 0 Å². The Morgan fingerprint density at radius 2 is 1.93 bits per heavy atom. The predicted octanol–water partition coefficient (Wildman–Crippen LogP) is 5.75. The maximum Gasteiger partial charge on any atom is 0.387 e. The zero-order valence-electron chi connectivity index (χ0n) is 15.9. The summed E-state index contributed by atoms with van der Waals surface area (Å²) < 4.78 is 38.6. The first-order chi connectivity index (χ1) is 14.3. The van der Waals surface area contributed by atoms with Crippen LogP contribution in [0.4, 0.5) is 14.5 Å². The molecule has 0 radical (unpaired) electrons. The number of ether oxygens (including phenoxy) is 2. The van der Waals surface area contributed by atoms with Crippen LogP contribution >= 0.6 is 23.4 Å². The van der Waals surface area contributed by atoms with Crippen LogP contribution < -0.4 is 9.16 Å². The van der Waals surface area contributed by atoms with Crippen LogP contribution in [0.25, 0.3) is 5.76 Å². The SMILES string of the molecule is CCC1C(Cc2ccc(Cl)cc2)=C(OC(F)F)c2c(OCC(=O)O)cccc2N1Cl. The van der Waals surface area contributed by atoms with Gasteiger partial charge in [0.2, 0.25) is 0 Å². The minimum absolute atomic E-state index is 0.0558. The van der Waals surface area contributed by atoms with E-state index < -0.39 is 25.2 Å². The Morgan fingerprint density at radius 1 is 1.23 bits per heavy atom. The normalized spacial score (nSPS) is 15.9. The highest BCUT2D eigenvalue weighted by Gasteiger charge is 2.36. The van der Waals surface area contributed by atoms with E-state index in [-0.39, 0.29) is 23.5 Å². The number of hydrogen-bond acceptors (Lipinski definition) is 4. The third-order valence-corrected chi connectivity index (χ3v) is 5.35. The first-order valence-corrected chi connectivity index (χ1v) is 9.88. The lowest BCUT2D eigenvalue weighted by molar-refractivity contribution is -0.139. The number of carboxylic acids is 1. The highest BCUT2D eigenvalue weighted by Crippen LogP contribution is 2.46. The summed E-state index contributed by atoms with van der Waals surface area (Å²) in [5.74, 6) is -1.15. The zero-order valence-corrected chi connectivity index (χ0v) is 17.5. The molecule has 5 nitrogen and oxygen atoms in total. The monoisotopic (exact) mass is 457 g/mol. The van der Waals surface area contributed by atoms with Gasteiger partial charge in [-0.05, 0) is 42.7 Å². The quantitative estimate of drug-likeness (QED) is 0.511. The maximum absolute atomic E-state index is 13.4. The maximum atomic E-state index is 13.4. The van der Waals surface area contributed by atoms with E-state index in [1.54, 1.807) is 36.4 Å². The van der Waals surface area contributed by atoms with Crippen LogP contribution in [0.1, 0.15) is 24.5 Å². The molecule has 1 atom stereocenters. The molecule has 1 aliphatic heterocycles. The number of carboxylic acid groups (broad SMARTS) is 1. The van der Waals surface area contributed by atoms with E-state index in [1.807, 2.05) is 6.92 Å². The molecule has 1 aliphatic rings. The van der Waals surface area contributed by atoms with Crippen LogP contribution in [0.2, 0.25) is 5.02 Å². The van der Waals surface area contributed by atoms with E-state index in [0.717, 1.165) is 5.56 Å². The smallest absolute Gasteiger partial charge is 0.387 e. The molecule has 1 heterocycles. The number of rotatable bonds is 8. The number of aliphatic carboxylic acids is 1. The van der Waals surface area contributed by atoms with Crippen LogP contribution in [0, 0.1) is 0 Å². The summed E-state index contributed by atoms with van der Waals surface area (Å²) in [5, 5.41) is 9.51. The molecule has 0 amide bonds. The Bertz CT molecular complexity index is 951. The van der Waals surface area contributed by atoms with Gasteiger partial charge in [-0.2, -0.15) is 8.78 Å². The van der Waals surface area contributed by atoms with Gasteiger partial charge in [-0.1, -0.05) is 36.7 Å². The van der Waals surface area contributed by atoms with Gasteiger partial charge in [0.1, 0.15) is 11.5 Å². The number of carbonyl (C=O) groups is 1. The van der Waals surface area contributed by atoms with Crippen molar-refractivity contribution >= 4 is 40.8 Å². The van der Waals surface area contributed by atoms with E-state index in [0.29, 0.717) is 22.7 Å². The molecular formula is C21H19Cl2F2NO4. The van der Waals surface area contributed by atoms with Gasteiger partial charge < -0.3 is 14.6 Å². The average Bonchev–Trinajstić information content (AvgIpc) is 2.70. The molecule has 2 aromatic rings. The van der Waals surface area contributed by atoms with Crippen molar-refractivity contribution in [3.8, 4) is 5.75 Å². The molecular weight excluding hydrogens is 439 g/mol. The van der Waals surface area contributed by atoms with Crippen LogP contribution in [-0.2, 0) is 16.0 Å². The van der Waals surface area contributed by atoms with Crippen molar-refractivity contribution in [2.45, 2.75) is 32.4 Å². The third-order valence-electron chi connectivity index (χ3n) is 4.68. The van der Waals surface area contributed by atoms with Crippen molar-refractivity contribution < 1.29 is 28.2 Å². The van der Waals surface area contributed by atoms with Gasteiger partial charge in [-0.15, -0.1) is 0 Å². The Hall–Kier alpha value is -2.51. The van der Waals surface area contributed by atoms with E-state index >= 15 is 0 Å². The van der Waals surface area contributed by atoms with Gasteiger partial charge in [0.15, 0.2) is 6.61 Å². The zero-order chi connectivity index (χ0) is 21.8. The summed E-state index contributed by atoms with van der Waals surface area (Å²) in [5.41, 5.74) is 1.97. The number of hydrogen-bond donors (Lipinski definition) is 1. The molecule has 1 unspecified atom stereocenters. The molecule has 3 rings (SSSR count). The standard InChI is InChI=1S/C21H19Cl2F2NO4/c1-2-15-14(10-12-6-8-13(22)9-7-12)20(30-21(24)25)19-16(26(15)23)4-3-5-17(19)29-11-18(27)28/h3-9,15,21H,2,10-11H2,1H3,(H,27,28). The molecule has 0 saturated heterocycles. The van der Waals surface area contributed by atoms with Crippen molar-refractivity contribution in [2.24, 2.45) is 0 Å². The average molecular weight is 458 g/mol. The van der Waals surface area contributed by atoms with Gasteiger partial charge in [0.25, 0.3) is 0 Å². The predicted molar refractivity (Wildman–Crippen MR) is 111 cm³/mol. The minimum Gasteiger partial charge on any atom is -0.481 e. The number of halogens is 4. The van der Waals surface area contributed by atoms with E-state index in [9.17, 15) is 13.6 Å². The molecule has 1 N–H and O–H groups in total. The number of alkyl halides is 2. The molecule has 9 heteroatoms. The first-order valence-electron chi connectivity index (χ1n) is 9.17. The Balaban J connectivity index is 2.17. The van der Waals surface area contributed by atoms with Gasteiger partial charge >= 0.3 is 12.6 Å². The summed E-state index contributed by atoms with van der Waals surface area (Å²) in [4.78, 5) is 11.0. The van der Waals surface area contributed by atoms with E-state index in [4.69, 9.17) is 38.0 Å². The number of fused-ring (bicyclic) bond motifs is 1. The van der Waals surface area contributed by atoms with Crippen LogP contribution in [0.15, 0.2) is 48.0 Å². The van der Waals surface area contributed by atoms with Crippen LogP contribution in [0.3, 0.4) is 0 Å². The van der Waals surface area contributed by atoms with Crippen LogP contribution in [0.5, 0.6) is 5.75 Å². The molecule has 2 aromatic carbocycles. The van der Waals surface area contributed by atoms with E-state index in [1.165, 1.54) is 10.5 Å². The second kappa shape index (κ2) is 9.53. The molecule has 160 valence electrons. The lowest BCUT2D eigenvalue weighted by Crippen LogP contribution is -2.35. The van der Waals surface area contributed by atoms with E-state index in [2.05, 4.69) is 0 Å². The molecule has 0 saturated carbocycles. The summed E-state index contributed by atoms with van der Waals surface area (Å²) in [7, 11) is 0. The largest absolute Gasteiger partial charge is 0.481 e. The van der Waals surface area contributed by atoms with Crippen LogP contribution in [-0.4, -0.2) is 30.3 Å². The number of benzene rings is 2. The number of nitrogens with zero attached hydrogens (tertiary/aromatic N) is 1. The Kier molecular flexibility index (Phi) is 7.05. The van der Waals surface area contributed by atoms with Gasteiger partial charge in [0, 0.05) is 22.4 Å². The molecule has 30 heavy (non-hydrogen) atoms. The van der Waals surface area contributed by atoms with Crippen molar-refractivity contribution in [3.05, 3.63) is 64.2 Å². The highest BCUT2D eigenvalue weighted by atomic mass is 35.5.